The molecule has 2 unspecified atom stereocenters. The lowest BCUT2D eigenvalue weighted by Crippen LogP contribution is -2.12. The lowest BCUT2D eigenvalue weighted by molar-refractivity contribution is 0.332. The predicted octanol–water partition coefficient (Wildman–Crippen LogP) is 5.00. The van der Waals surface area contributed by atoms with Gasteiger partial charge in [-0.15, -0.1) is 0 Å². The maximum Gasteiger partial charge on any atom is 0.125 e. The van der Waals surface area contributed by atoms with Crippen LogP contribution in [0, 0.1) is 19.8 Å². The molecule has 1 heteroatoms. The Bertz CT molecular complexity index is 385. The molecule has 100 valence electrons. The van der Waals surface area contributed by atoms with Crippen molar-refractivity contribution in [1.82, 2.24) is 0 Å². The fraction of sp³-hybridized carbons (Fsp3) is 0.647. The minimum Gasteiger partial charge on any atom is -0.493 e. The van der Waals surface area contributed by atoms with Crippen LogP contribution in [0.15, 0.2) is 12.1 Å². The molecule has 0 bridgehead atoms. The zero-order valence-corrected chi connectivity index (χ0v) is 12.3. The van der Waals surface area contributed by atoms with E-state index in [0.29, 0.717) is 0 Å². The van der Waals surface area contributed by atoms with E-state index in [1.54, 1.807) is 0 Å². The van der Waals surface area contributed by atoms with E-state index in [2.05, 4.69) is 39.8 Å². The SMILES string of the molecule is CCOc1c(C)cc(C2CCCC(C)C2)cc1C. The van der Waals surface area contributed by atoms with Crippen LogP contribution in [0.3, 0.4) is 0 Å². The van der Waals surface area contributed by atoms with Gasteiger partial charge < -0.3 is 4.74 Å². The van der Waals surface area contributed by atoms with Gasteiger partial charge in [-0.3, -0.25) is 0 Å². The summed E-state index contributed by atoms with van der Waals surface area (Å²) < 4.78 is 5.73. The van der Waals surface area contributed by atoms with E-state index in [9.17, 15) is 0 Å². The molecule has 1 nitrogen and oxygen atoms in total. The second-order valence-electron chi connectivity index (χ2n) is 5.89. The highest BCUT2D eigenvalue weighted by Crippen LogP contribution is 2.38. The summed E-state index contributed by atoms with van der Waals surface area (Å²) in [4.78, 5) is 0. The number of benzene rings is 1. The van der Waals surface area contributed by atoms with Crippen molar-refractivity contribution in [2.75, 3.05) is 6.61 Å². The smallest absolute Gasteiger partial charge is 0.125 e. The molecule has 18 heavy (non-hydrogen) atoms. The van der Waals surface area contributed by atoms with Gasteiger partial charge in [0.05, 0.1) is 6.61 Å². The van der Waals surface area contributed by atoms with Gasteiger partial charge in [-0.2, -0.15) is 0 Å². The van der Waals surface area contributed by atoms with Gasteiger partial charge in [-0.25, -0.2) is 0 Å². The van der Waals surface area contributed by atoms with Gasteiger partial charge in [0.25, 0.3) is 0 Å². The Morgan fingerprint density at radius 3 is 2.39 bits per heavy atom. The Morgan fingerprint density at radius 2 is 1.83 bits per heavy atom. The second kappa shape index (κ2) is 5.77. The first kappa shape index (κ1) is 13.5. The molecule has 0 N–H and O–H groups in total. The van der Waals surface area contributed by atoms with E-state index in [4.69, 9.17) is 4.74 Å². The molecule has 0 heterocycles. The summed E-state index contributed by atoms with van der Waals surface area (Å²) in [6.07, 6.45) is 5.51. The summed E-state index contributed by atoms with van der Waals surface area (Å²) in [5.41, 5.74) is 4.12. The van der Waals surface area contributed by atoms with Gasteiger partial charge in [-0.1, -0.05) is 31.9 Å². The summed E-state index contributed by atoms with van der Waals surface area (Å²) in [6, 6.07) is 4.70. The third kappa shape index (κ3) is 2.88. The molecule has 0 amide bonds. The maximum absolute atomic E-state index is 5.73. The van der Waals surface area contributed by atoms with Crippen LogP contribution in [0.1, 0.15) is 62.1 Å². The van der Waals surface area contributed by atoms with Gasteiger partial charge in [0.15, 0.2) is 0 Å². The Balaban J connectivity index is 2.24. The van der Waals surface area contributed by atoms with Crippen molar-refractivity contribution in [3.8, 4) is 5.75 Å². The van der Waals surface area contributed by atoms with Crippen LogP contribution in [0.2, 0.25) is 0 Å². The van der Waals surface area contributed by atoms with Crippen LogP contribution < -0.4 is 4.74 Å². The van der Waals surface area contributed by atoms with Crippen molar-refractivity contribution in [1.29, 1.82) is 0 Å². The lowest BCUT2D eigenvalue weighted by atomic mass is 9.78. The quantitative estimate of drug-likeness (QED) is 0.729. The zero-order chi connectivity index (χ0) is 13.1. The van der Waals surface area contributed by atoms with Crippen molar-refractivity contribution in [3.63, 3.8) is 0 Å². The van der Waals surface area contributed by atoms with Crippen molar-refractivity contribution < 1.29 is 4.74 Å². The number of hydrogen-bond acceptors (Lipinski definition) is 1. The second-order valence-corrected chi connectivity index (χ2v) is 5.89. The molecular weight excluding hydrogens is 220 g/mol. The van der Waals surface area contributed by atoms with Crippen LogP contribution in [0.4, 0.5) is 0 Å². The van der Waals surface area contributed by atoms with Crippen LogP contribution >= 0.6 is 0 Å². The highest BCUT2D eigenvalue weighted by molar-refractivity contribution is 5.44. The summed E-state index contributed by atoms with van der Waals surface area (Å²) >= 11 is 0. The van der Waals surface area contributed by atoms with Crippen LogP contribution in [-0.4, -0.2) is 6.61 Å². The molecule has 1 fully saturated rings. The minimum atomic E-state index is 0.751. The van der Waals surface area contributed by atoms with E-state index in [-0.39, 0.29) is 0 Å². The highest BCUT2D eigenvalue weighted by Gasteiger charge is 2.21. The standard InChI is InChI=1S/C17H26O/c1-5-18-17-13(3)10-16(11-14(17)4)15-8-6-7-12(2)9-15/h10-12,15H,5-9H2,1-4H3. The molecular formula is C17H26O. The monoisotopic (exact) mass is 246 g/mol. The molecule has 1 aromatic carbocycles. The highest BCUT2D eigenvalue weighted by atomic mass is 16.5. The van der Waals surface area contributed by atoms with Crippen LogP contribution in [0.25, 0.3) is 0 Å². The molecule has 1 aliphatic carbocycles. The lowest BCUT2D eigenvalue weighted by Gasteiger charge is -2.28. The Hall–Kier alpha value is -0.980. The van der Waals surface area contributed by atoms with Crippen molar-refractivity contribution >= 4 is 0 Å². The summed E-state index contributed by atoms with van der Waals surface area (Å²) in [5.74, 6) is 2.74. The molecule has 2 atom stereocenters. The third-order valence-corrected chi connectivity index (χ3v) is 4.18. The molecule has 0 saturated heterocycles. The molecule has 1 aliphatic rings. The van der Waals surface area contributed by atoms with Gasteiger partial charge in [0.1, 0.15) is 5.75 Å². The van der Waals surface area contributed by atoms with Gasteiger partial charge in [-0.05, 0) is 62.1 Å². The average molecular weight is 246 g/mol. The normalized spacial score (nSPS) is 24.0. The first-order valence-corrected chi connectivity index (χ1v) is 7.35. The Kier molecular flexibility index (Phi) is 4.31. The minimum absolute atomic E-state index is 0.751. The molecule has 1 aromatic rings. The van der Waals surface area contributed by atoms with E-state index in [0.717, 1.165) is 24.2 Å². The van der Waals surface area contributed by atoms with Crippen molar-refractivity contribution in [2.45, 2.75) is 59.3 Å². The zero-order valence-electron chi connectivity index (χ0n) is 12.3. The Labute approximate surface area is 112 Å². The van der Waals surface area contributed by atoms with E-state index in [1.807, 2.05) is 0 Å². The van der Waals surface area contributed by atoms with Crippen molar-refractivity contribution in [2.24, 2.45) is 5.92 Å². The summed E-state index contributed by atoms with van der Waals surface area (Å²) in [6.45, 7) is 9.54. The van der Waals surface area contributed by atoms with E-state index in [1.165, 1.54) is 42.4 Å². The van der Waals surface area contributed by atoms with Crippen LogP contribution in [0.5, 0.6) is 5.75 Å². The first-order chi connectivity index (χ1) is 8.61. The van der Waals surface area contributed by atoms with Gasteiger partial charge in [0.2, 0.25) is 0 Å². The predicted molar refractivity (Wildman–Crippen MR) is 77.5 cm³/mol. The first-order valence-electron chi connectivity index (χ1n) is 7.35. The largest absolute Gasteiger partial charge is 0.493 e. The molecule has 0 aliphatic heterocycles. The topological polar surface area (TPSA) is 9.23 Å². The van der Waals surface area contributed by atoms with Crippen molar-refractivity contribution in [3.05, 3.63) is 28.8 Å². The number of aryl methyl sites for hydroxylation is 2. The maximum atomic E-state index is 5.73. The molecule has 0 radical (unpaired) electrons. The van der Waals surface area contributed by atoms with Gasteiger partial charge in [0, 0.05) is 0 Å². The summed E-state index contributed by atoms with van der Waals surface area (Å²) in [5, 5.41) is 0. The molecule has 0 aromatic heterocycles. The number of ether oxygens (including phenoxy) is 1. The molecule has 2 rings (SSSR count). The van der Waals surface area contributed by atoms with E-state index < -0.39 is 0 Å². The van der Waals surface area contributed by atoms with Gasteiger partial charge >= 0.3 is 0 Å². The summed E-state index contributed by atoms with van der Waals surface area (Å²) in [7, 11) is 0. The average Bonchev–Trinajstić information content (AvgIpc) is 2.33. The third-order valence-electron chi connectivity index (χ3n) is 4.18. The number of hydrogen-bond donors (Lipinski definition) is 0. The fourth-order valence-corrected chi connectivity index (χ4v) is 3.33. The van der Waals surface area contributed by atoms with Crippen LogP contribution in [-0.2, 0) is 0 Å². The Morgan fingerprint density at radius 1 is 1.17 bits per heavy atom. The van der Waals surface area contributed by atoms with E-state index >= 15 is 0 Å². The fourth-order valence-electron chi connectivity index (χ4n) is 3.33. The molecule has 0 spiro atoms. The number of rotatable bonds is 3. The molecule has 1 saturated carbocycles.